The molecule has 1 aliphatic heterocycles. The standard InChI is InChI=1S/C16H17F2N3O/c1-16(9-20-8-14(19)22-16)11-4-2-3-10(7-11)12-5-6-13(17)21-15(12)18/h2-7,14,20H,8-9,19H2,1H3. The van der Waals surface area contributed by atoms with Gasteiger partial charge in [0.15, 0.2) is 0 Å². The second-order valence-corrected chi connectivity index (χ2v) is 5.57. The Kier molecular flexibility index (Phi) is 3.90. The van der Waals surface area contributed by atoms with Crippen molar-refractivity contribution in [2.24, 2.45) is 5.73 Å². The Balaban J connectivity index is 1.99. The highest BCUT2D eigenvalue weighted by Gasteiger charge is 2.33. The summed E-state index contributed by atoms with van der Waals surface area (Å²) in [5, 5.41) is 3.22. The molecule has 1 fully saturated rings. The van der Waals surface area contributed by atoms with Crippen LogP contribution in [0.2, 0.25) is 0 Å². The van der Waals surface area contributed by atoms with Gasteiger partial charge in [-0.1, -0.05) is 18.2 Å². The monoisotopic (exact) mass is 305 g/mol. The molecular weight excluding hydrogens is 288 g/mol. The maximum atomic E-state index is 13.9. The summed E-state index contributed by atoms with van der Waals surface area (Å²) in [6.45, 7) is 3.12. The summed E-state index contributed by atoms with van der Waals surface area (Å²) < 4.78 is 32.6. The lowest BCUT2D eigenvalue weighted by atomic mass is 9.91. The fourth-order valence-electron chi connectivity index (χ4n) is 2.68. The maximum absolute atomic E-state index is 13.9. The van der Waals surface area contributed by atoms with Gasteiger partial charge in [0.05, 0.1) is 0 Å². The second-order valence-electron chi connectivity index (χ2n) is 5.57. The molecule has 0 saturated carbocycles. The second kappa shape index (κ2) is 5.72. The van der Waals surface area contributed by atoms with Crippen molar-refractivity contribution >= 4 is 0 Å². The molecule has 22 heavy (non-hydrogen) atoms. The fraction of sp³-hybridized carbons (Fsp3) is 0.312. The van der Waals surface area contributed by atoms with Crippen molar-refractivity contribution in [3.8, 4) is 11.1 Å². The van der Waals surface area contributed by atoms with Crippen molar-refractivity contribution in [1.82, 2.24) is 10.3 Å². The largest absolute Gasteiger partial charge is 0.350 e. The van der Waals surface area contributed by atoms with Gasteiger partial charge in [0.1, 0.15) is 11.8 Å². The molecule has 1 aromatic carbocycles. The van der Waals surface area contributed by atoms with E-state index in [-0.39, 0.29) is 5.56 Å². The SMILES string of the molecule is CC1(c2cccc(-c3ccc(F)nc3F)c2)CNCC(N)O1. The lowest BCUT2D eigenvalue weighted by Gasteiger charge is -2.38. The zero-order valence-electron chi connectivity index (χ0n) is 12.1. The Morgan fingerprint density at radius 3 is 2.86 bits per heavy atom. The molecule has 0 radical (unpaired) electrons. The minimum absolute atomic E-state index is 0.250. The Morgan fingerprint density at radius 1 is 1.32 bits per heavy atom. The summed E-state index contributed by atoms with van der Waals surface area (Å²) in [5.74, 6) is -1.67. The molecule has 0 aliphatic carbocycles. The van der Waals surface area contributed by atoms with Gasteiger partial charge in [-0.3, -0.25) is 0 Å². The van der Waals surface area contributed by atoms with Crippen LogP contribution in [0.3, 0.4) is 0 Å². The van der Waals surface area contributed by atoms with Crippen LogP contribution in [-0.4, -0.2) is 24.3 Å². The van der Waals surface area contributed by atoms with Crippen molar-refractivity contribution in [2.45, 2.75) is 18.8 Å². The number of nitrogens with two attached hydrogens (primary N) is 1. The quantitative estimate of drug-likeness (QED) is 0.835. The van der Waals surface area contributed by atoms with Crippen LogP contribution < -0.4 is 11.1 Å². The molecule has 4 nitrogen and oxygen atoms in total. The molecule has 1 aromatic heterocycles. The van der Waals surface area contributed by atoms with Gasteiger partial charge in [0.25, 0.3) is 0 Å². The summed E-state index contributed by atoms with van der Waals surface area (Å²) >= 11 is 0. The van der Waals surface area contributed by atoms with Gasteiger partial charge in [0, 0.05) is 18.7 Å². The van der Waals surface area contributed by atoms with E-state index in [4.69, 9.17) is 10.5 Å². The number of hydrogen-bond donors (Lipinski definition) is 2. The average molecular weight is 305 g/mol. The molecule has 1 saturated heterocycles. The molecule has 3 rings (SSSR count). The molecule has 3 N–H and O–H groups in total. The van der Waals surface area contributed by atoms with E-state index in [2.05, 4.69) is 10.3 Å². The van der Waals surface area contributed by atoms with E-state index in [1.165, 1.54) is 6.07 Å². The topological polar surface area (TPSA) is 60.2 Å². The van der Waals surface area contributed by atoms with E-state index in [1.54, 1.807) is 6.07 Å². The number of hydrogen-bond acceptors (Lipinski definition) is 4. The number of nitrogens with zero attached hydrogens (tertiary/aromatic N) is 1. The van der Waals surface area contributed by atoms with Gasteiger partial charge in [-0.2, -0.15) is 13.8 Å². The zero-order chi connectivity index (χ0) is 15.7. The number of nitrogens with one attached hydrogen (secondary N) is 1. The van der Waals surface area contributed by atoms with Gasteiger partial charge >= 0.3 is 0 Å². The fourth-order valence-corrected chi connectivity index (χ4v) is 2.68. The van der Waals surface area contributed by atoms with Crippen molar-refractivity contribution in [1.29, 1.82) is 0 Å². The van der Waals surface area contributed by atoms with Gasteiger partial charge in [-0.05, 0) is 36.2 Å². The number of halogens is 2. The van der Waals surface area contributed by atoms with Crippen molar-refractivity contribution in [3.05, 3.63) is 53.9 Å². The normalized spacial score (nSPS) is 25.2. The third-order valence-corrected chi connectivity index (χ3v) is 3.82. The third kappa shape index (κ3) is 2.85. The number of rotatable bonds is 2. The van der Waals surface area contributed by atoms with E-state index >= 15 is 0 Å². The first kappa shape index (κ1) is 15.0. The molecule has 2 aromatic rings. The Hall–Kier alpha value is -1.89. The van der Waals surface area contributed by atoms with Crippen molar-refractivity contribution in [2.75, 3.05) is 13.1 Å². The summed E-state index contributed by atoms with van der Waals surface area (Å²) in [6, 6.07) is 9.80. The Bertz CT molecular complexity index is 695. The summed E-state index contributed by atoms with van der Waals surface area (Å²) in [5.41, 5.74) is 6.98. The van der Waals surface area contributed by atoms with Crippen molar-refractivity contribution in [3.63, 3.8) is 0 Å². The van der Waals surface area contributed by atoms with Gasteiger partial charge in [-0.25, -0.2) is 0 Å². The smallest absolute Gasteiger partial charge is 0.223 e. The molecule has 2 unspecified atom stereocenters. The lowest BCUT2D eigenvalue weighted by molar-refractivity contribution is -0.107. The van der Waals surface area contributed by atoms with Crippen LogP contribution in [0.4, 0.5) is 8.78 Å². The lowest BCUT2D eigenvalue weighted by Crippen LogP contribution is -2.53. The highest BCUT2D eigenvalue weighted by molar-refractivity contribution is 5.64. The Morgan fingerprint density at radius 2 is 2.14 bits per heavy atom. The summed E-state index contributed by atoms with van der Waals surface area (Å²) in [4.78, 5) is 3.22. The van der Waals surface area contributed by atoms with Gasteiger partial charge in [0.2, 0.25) is 11.9 Å². The van der Waals surface area contributed by atoms with Crippen LogP contribution in [-0.2, 0) is 10.3 Å². The molecule has 2 atom stereocenters. The van der Waals surface area contributed by atoms with E-state index in [9.17, 15) is 8.78 Å². The maximum Gasteiger partial charge on any atom is 0.223 e. The summed E-state index contributed by atoms with van der Waals surface area (Å²) in [6.07, 6.45) is -0.397. The van der Waals surface area contributed by atoms with Crippen LogP contribution in [0.15, 0.2) is 36.4 Å². The number of morpholine rings is 1. The highest BCUT2D eigenvalue weighted by atomic mass is 19.1. The molecule has 2 heterocycles. The van der Waals surface area contributed by atoms with Crippen LogP contribution >= 0.6 is 0 Å². The average Bonchev–Trinajstić information content (AvgIpc) is 2.47. The van der Waals surface area contributed by atoms with Gasteiger partial charge in [-0.15, -0.1) is 0 Å². The van der Waals surface area contributed by atoms with Crippen LogP contribution in [0, 0.1) is 11.9 Å². The van der Waals surface area contributed by atoms with Gasteiger partial charge < -0.3 is 15.8 Å². The van der Waals surface area contributed by atoms with E-state index in [0.29, 0.717) is 18.7 Å². The first-order valence-corrected chi connectivity index (χ1v) is 7.05. The number of pyridine rings is 1. The van der Waals surface area contributed by atoms with E-state index in [1.807, 2.05) is 25.1 Å². The minimum Gasteiger partial charge on any atom is -0.350 e. The highest BCUT2D eigenvalue weighted by Crippen LogP contribution is 2.31. The van der Waals surface area contributed by atoms with E-state index < -0.39 is 23.7 Å². The molecule has 0 bridgehead atoms. The zero-order valence-corrected chi connectivity index (χ0v) is 12.1. The molecule has 6 heteroatoms. The molecular formula is C16H17F2N3O. The van der Waals surface area contributed by atoms with Crippen LogP contribution in [0.1, 0.15) is 12.5 Å². The predicted octanol–water partition coefficient (Wildman–Crippen LogP) is 2.15. The van der Waals surface area contributed by atoms with Crippen molar-refractivity contribution < 1.29 is 13.5 Å². The van der Waals surface area contributed by atoms with Crippen LogP contribution in [0.5, 0.6) is 0 Å². The first-order valence-electron chi connectivity index (χ1n) is 7.05. The Labute approximate surface area is 127 Å². The number of benzene rings is 1. The number of ether oxygens (including phenoxy) is 1. The van der Waals surface area contributed by atoms with E-state index in [0.717, 1.165) is 11.6 Å². The predicted molar refractivity (Wildman–Crippen MR) is 78.9 cm³/mol. The third-order valence-electron chi connectivity index (χ3n) is 3.82. The molecule has 116 valence electrons. The summed E-state index contributed by atoms with van der Waals surface area (Å²) in [7, 11) is 0. The number of aromatic nitrogens is 1. The molecule has 0 spiro atoms. The van der Waals surface area contributed by atoms with Crippen LogP contribution in [0.25, 0.3) is 11.1 Å². The molecule has 1 aliphatic rings. The first-order chi connectivity index (χ1) is 10.5. The minimum atomic E-state index is -0.838. The molecule has 0 amide bonds.